The van der Waals surface area contributed by atoms with Gasteiger partial charge in [0.05, 0.1) is 23.3 Å². The summed E-state index contributed by atoms with van der Waals surface area (Å²) in [6.07, 6.45) is -4.65. The van der Waals surface area contributed by atoms with Crippen LogP contribution in [0.3, 0.4) is 0 Å². The molecule has 0 saturated carbocycles. The first-order chi connectivity index (χ1) is 17.6. The molecule has 3 heterocycles. The summed E-state index contributed by atoms with van der Waals surface area (Å²) < 4.78 is 48.8. The number of rotatable bonds is 7. The number of piperazine rings is 1. The van der Waals surface area contributed by atoms with E-state index in [1.54, 1.807) is 32.1 Å². The Hall–Kier alpha value is -3.76. The monoisotopic (exact) mass is 516 g/mol. The van der Waals surface area contributed by atoms with Crippen molar-refractivity contribution >= 4 is 16.9 Å². The number of benzene rings is 1. The third-order valence-corrected chi connectivity index (χ3v) is 6.27. The first kappa shape index (κ1) is 26.3. The average molecular weight is 517 g/mol. The van der Waals surface area contributed by atoms with Crippen LogP contribution in [0, 0.1) is 11.3 Å². The van der Waals surface area contributed by atoms with Crippen molar-refractivity contribution < 1.29 is 22.7 Å². The highest BCUT2D eigenvalue weighted by atomic mass is 19.4. The van der Waals surface area contributed by atoms with Gasteiger partial charge in [0.15, 0.2) is 5.69 Å². The van der Waals surface area contributed by atoms with Gasteiger partial charge < -0.3 is 9.64 Å². The van der Waals surface area contributed by atoms with Crippen LogP contribution in [-0.2, 0) is 18.0 Å². The molecule has 196 valence electrons. The van der Waals surface area contributed by atoms with Gasteiger partial charge >= 0.3 is 6.18 Å². The van der Waals surface area contributed by atoms with Gasteiger partial charge in [0.1, 0.15) is 23.9 Å². The summed E-state index contributed by atoms with van der Waals surface area (Å²) in [6, 6.07) is 7.23. The van der Waals surface area contributed by atoms with Gasteiger partial charge in [-0.3, -0.25) is 14.6 Å². The lowest BCUT2D eigenvalue weighted by Gasteiger charge is -2.34. The standard InChI is InChI=1S/C24H27F3N8O2/c1-32(2)22(36)15-35-8-6-34(7-9-35)10-11-37-21-5-4-16(12-17(21)24(25,26)27)18-13-20-23(19(14-28)29-18)30-31-33(20)3/h4-5,12-13H,6-11,15H2,1-3H3. The van der Waals surface area contributed by atoms with Crippen LogP contribution in [0.15, 0.2) is 24.3 Å². The van der Waals surface area contributed by atoms with E-state index in [1.807, 2.05) is 6.07 Å². The molecule has 1 fully saturated rings. The third-order valence-electron chi connectivity index (χ3n) is 6.27. The Morgan fingerprint density at radius 1 is 1.16 bits per heavy atom. The Balaban J connectivity index is 1.44. The Morgan fingerprint density at radius 3 is 2.51 bits per heavy atom. The summed E-state index contributed by atoms with van der Waals surface area (Å²) in [5, 5.41) is 17.2. The topological polar surface area (TPSA) is 103 Å². The summed E-state index contributed by atoms with van der Waals surface area (Å²) in [6.45, 7) is 3.72. The number of hydrogen-bond acceptors (Lipinski definition) is 8. The van der Waals surface area contributed by atoms with Crippen molar-refractivity contribution in [2.45, 2.75) is 6.18 Å². The van der Waals surface area contributed by atoms with Gasteiger partial charge in [0.2, 0.25) is 5.91 Å². The Labute approximate surface area is 211 Å². The molecule has 1 aliphatic heterocycles. The second kappa shape index (κ2) is 10.7. The number of ether oxygens (including phenoxy) is 1. The number of alkyl halides is 3. The molecule has 1 aromatic carbocycles. The van der Waals surface area contributed by atoms with E-state index in [4.69, 9.17) is 4.74 Å². The van der Waals surface area contributed by atoms with Gasteiger partial charge in [-0.15, -0.1) is 5.10 Å². The fourth-order valence-electron chi connectivity index (χ4n) is 4.08. The molecular formula is C24H27F3N8O2. The quantitative estimate of drug-likeness (QED) is 0.470. The first-order valence-electron chi connectivity index (χ1n) is 11.7. The lowest BCUT2D eigenvalue weighted by Crippen LogP contribution is -2.50. The number of carbonyl (C=O) groups is 1. The van der Waals surface area contributed by atoms with Gasteiger partial charge in [-0.1, -0.05) is 5.21 Å². The van der Waals surface area contributed by atoms with Crippen LogP contribution < -0.4 is 4.74 Å². The number of nitrogens with zero attached hydrogens (tertiary/aromatic N) is 8. The number of aryl methyl sites for hydroxylation is 1. The summed E-state index contributed by atoms with van der Waals surface area (Å²) in [7, 11) is 5.06. The number of amides is 1. The summed E-state index contributed by atoms with van der Waals surface area (Å²) >= 11 is 0. The molecule has 1 amide bonds. The second-order valence-electron chi connectivity index (χ2n) is 9.01. The van der Waals surface area contributed by atoms with Crippen LogP contribution in [0.25, 0.3) is 22.3 Å². The van der Waals surface area contributed by atoms with Crippen LogP contribution >= 0.6 is 0 Å². The van der Waals surface area contributed by atoms with Crippen LogP contribution in [0.2, 0.25) is 0 Å². The van der Waals surface area contributed by atoms with Crippen LogP contribution in [0.4, 0.5) is 13.2 Å². The van der Waals surface area contributed by atoms with E-state index in [9.17, 15) is 23.2 Å². The molecule has 0 bridgehead atoms. The number of fused-ring (bicyclic) bond motifs is 1. The van der Waals surface area contributed by atoms with Crippen molar-refractivity contribution in [2.24, 2.45) is 7.05 Å². The van der Waals surface area contributed by atoms with Crippen molar-refractivity contribution in [3.05, 3.63) is 35.5 Å². The third kappa shape index (κ3) is 5.98. The van der Waals surface area contributed by atoms with Crippen molar-refractivity contribution in [1.82, 2.24) is 34.7 Å². The molecule has 37 heavy (non-hydrogen) atoms. The molecule has 10 nitrogen and oxygen atoms in total. The number of nitriles is 1. The molecule has 2 aromatic heterocycles. The van der Waals surface area contributed by atoms with E-state index in [1.165, 1.54) is 16.8 Å². The highest BCUT2D eigenvalue weighted by molar-refractivity contribution is 5.83. The molecule has 0 N–H and O–H groups in total. The van der Waals surface area contributed by atoms with Gasteiger partial charge in [0.25, 0.3) is 0 Å². The van der Waals surface area contributed by atoms with E-state index >= 15 is 0 Å². The maximum absolute atomic E-state index is 13.9. The number of halogens is 3. The van der Waals surface area contributed by atoms with Crippen molar-refractivity contribution in [2.75, 3.05) is 60.0 Å². The smallest absolute Gasteiger partial charge is 0.419 e. The predicted octanol–water partition coefficient (Wildman–Crippen LogP) is 2.01. The van der Waals surface area contributed by atoms with Crippen LogP contribution in [0.5, 0.6) is 5.75 Å². The van der Waals surface area contributed by atoms with Gasteiger partial charge in [0, 0.05) is 59.4 Å². The predicted molar refractivity (Wildman–Crippen MR) is 129 cm³/mol. The molecule has 1 saturated heterocycles. The van der Waals surface area contributed by atoms with Crippen molar-refractivity contribution in [1.29, 1.82) is 5.26 Å². The van der Waals surface area contributed by atoms with E-state index in [2.05, 4.69) is 25.1 Å². The molecule has 0 unspecified atom stereocenters. The average Bonchev–Trinajstić information content (AvgIpc) is 3.24. The molecule has 0 aliphatic carbocycles. The molecule has 0 atom stereocenters. The van der Waals surface area contributed by atoms with E-state index in [-0.39, 0.29) is 40.7 Å². The minimum absolute atomic E-state index is 0.0133. The summed E-state index contributed by atoms with van der Waals surface area (Å²) in [4.78, 5) is 21.8. The zero-order valence-corrected chi connectivity index (χ0v) is 20.8. The minimum atomic E-state index is -4.65. The van der Waals surface area contributed by atoms with E-state index < -0.39 is 11.7 Å². The normalized spacial score (nSPS) is 15.1. The molecule has 4 rings (SSSR count). The number of likely N-dealkylation sites (N-methyl/N-ethyl adjacent to an activating group) is 1. The molecule has 0 spiro atoms. The summed E-state index contributed by atoms with van der Waals surface area (Å²) in [5.74, 6) is -0.230. The van der Waals surface area contributed by atoms with Crippen LogP contribution in [-0.4, -0.2) is 101 Å². The summed E-state index contributed by atoms with van der Waals surface area (Å²) in [5.41, 5.74) is 0.248. The number of pyridine rings is 1. The zero-order chi connectivity index (χ0) is 26.7. The molecular weight excluding hydrogens is 489 g/mol. The maximum Gasteiger partial charge on any atom is 0.419 e. The molecule has 13 heteroatoms. The largest absolute Gasteiger partial charge is 0.492 e. The SMILES string of the molecule is CN(C)C(=O)CN1CCN(CCOc2ccc(-c3cc4c(nnn4C)c(C#N)n3)cc2C(F)(F)F)CC1. The number of hydrogen-bond donors (Lipinski definition) is 0. The lowest BCUT2D eigenvalue weighted by atomic mass is 10.1. The molecule has 3 aromatic rings. The highest BCUT2D eigenvalue weighted by Gasteiger charge is 2.35. The van der Waals surface area contributed by atoms with E-state index in [0.29, 0.717) is 44.8 Å². The molecule has 1 aliphatic rings. The first-order valence-corrected chi connectivity index (χ1v) is 11.7. The van der Waals surface area contributed by atoms with Gasteiger partial charge in [-0.2, -0.15) is 18.4 Å². The van der Waals surface area contributed by atoms with Crippen LogP contribution in [0.1, 0.15) is 11.3 Å². The Bertz CT molecular complexity index is 1320. The van der Waals surface area contributed by atoms with Crippen molar-refractivity contribution in [3.63, 3.8) is 0 Å². The fraction of sp³-hybridized carbons (Fsp3) is 0.458. The van der Waals surface area contributed by atoms with Crippen molar-refractivity contribution in [3.8, 4) is 23.1 Å². The Kier molecular flexibility index (Phi) is 7.60. The molecule has 0 radical (unpaired) electrons. The minimum Gasteiger partial charge on any atom is -0.492 e. The maximum atomic E-state index is 13.9. The number of carbonyl (C=O) groups excluding carboxylic acids is 1. The second-order valence-corrected chi connectivity index (χ2v) is 9.01. The van der Waals surface area contributed by atoms with Gasteiger partial charge in [-0.25, -0.2) is 9.67 Å². The van der Waals surface area contributed by atoms with E-state index in [0.717, 1.165) is 6.07 Å². The fourth-order valence-corrected chi connectivity index (χ4v) is 4.08. The Morgan fingerprint density at radius 2 is 1.86 bits per heavy atom. The highest BCUT2D eigenvalue weighted by Crippen LogP contribution is 2.39. The lowest BCUT2D eigenvalue weighted by molar-refractivity contribution is -0.139. The zero-order valence-electron chi connectivity index (χ0n) is 20.8. The van der Waals surface area contributed by atoms with Gasteiger partial charge in [-0.05, 0) is 24.3 Å². The number of aromatic nitrogens is 4.